The van der Waals surface area contributed by atoms with Crippen molar-refractivity contribution in [1.82, 2.24) is 5.32 Å². The standard InChI is InChI=1S/C12H15FN2S/c1-9-6-14-12(16-8-9)15-7-10-4-2-3-5-11(10)13/h2-5,9H,6-8H2,1H3,(H,14,15). The van der Waals surface area contributed by atoms with E-state index >= 15 is 0 Å². The number of rotatable bonds is 2. The lowest BCUT2D eigenvalue weighted by Crippen LogP contribution is -2.26. The number of nitrogens with one attached hydrogen (secondary N) is 1. The quantitative estimate of drug-likeness (QED) is 0.856. The van der Waals surface area contributed by atoms with Crippen molar-refractivity contribution in [1.29, 1.82) is 0 Å². The SMILES string of the molecule is CC1CN=C(NCc2ccccc2F)SC1. The Bertz CT molecular complexity index is 392. The van der Waals surface area contributed by atoms with Crippen LogP contribution in [0.3, 0.4) is 0 Å². The number of hydrogen-bond donors (Lipinski definition) is 1. The lowest BCUT2D eigenvalue weighted by atomic mass is 10.2. The van der Waals surface area contributed by atoms with Gasteiger partial charge in [0.15, 0.2) is 5.17 Å². The molecular formula is C12H15FN2S. The number of halogens is 1. The fourth-order valence-corrected chi connectivity index (χ4v) is 2.37. The molecule has 1 aromatic carbocycles. The fourth-order valence-electron chi connectivity index (χ4n) is 1.48. The lowest BCUT2D eigenvalue weighted by molar-refractivity contribution is 0.605. The highest BCUT2D eigenvalue weighted by molar-refractivity contribution is 8.13. The molecule has 1 N–H and O–H groups in total. The number of thioether (sulfide) groups is 1. The highest BCUT2D eigenvalue weighted by atomic mass is 32.2. The Labute approximate surface area is 99.3 Å². The predicted octanol–water partition coefficient (Wildman–Crippen LogP) is 2.65. The van der Waals surface area contributed by atoms with E-state index in [0.29, 0.717) is 18.0 Å². The summed E-state index contributed by atoms with van der Waals surface area (Å²) in [5, 5.41) is 4.10. The van der Waals surface area contributed by atoms with E-state index in [1.54, 1.807) is 23.9 Å². The molecule has 0 radical (unpaired) electrons. The first-order valence-corrected chi connectivity index (χ1v) is 6.39. The molecule has 0 aliphatic carbocycles. The summed E-state index contributed by atoms with van der Waals surface area (Å²) in [5.74, 6) is 1.57. The van der Waals surface area contributed by atoms with E-state index in [1.165, 1.54) is 6.07 Å². The van der Waals surface area contributed by atoms with Gasteiger partial charge in [-0.3, -0.25) is 4.99 Å². The number of nitrogens with zero attached hydrogens (tertiary/aromatic N) is 1. The van der Waals surface area contributed by atoms with Crippen molar-refractivity contribution in [2.24, 2.45) is 10.9 Å². The highest BCUT2D eigenvalue weighted by Gasteiger charge is 2.11. The summed E-state index contributed by atoms with van der Waals surface area (Å²) >= 11 is 1.71. The third kappa shape index (κ3) is 2.98. The number of benzene rings is 1. The molecule has 1 aliphatic rings. The molecule has 2 rings (SSSR count). The summed E-state index contributed by atoms with van der Waals surface area (Å²) in [6.45, 7) is 3.56. The summed E-state index contributed by atoms with van der Waals surface area (Å²) in [5.41, 5.74) is 0.685. The van der Waals surface area contributed by atoms with E-state index in [9.17, 15) is 4.39 Å². The minimum Gasteiger partial charge on any atom is -0.361 e. The van der Waals surface area contributed by atoms with Gasteiger partial charge < -0.3 is 5.32 Å². The van der Waals surface area contributed by atoms with Gasteiger partial charge in [0.05, 0.1) is 0 Å². The summed E-state index contributed by atoms with van der Waals surface area (Å²) in [4.78, 5) is 4.40. The number of hydrogen-bond acceptors (Lipinski definition) is 3. The van der Waals surface area contributed by atoms with E-state index in [1.807, 2.05) is 6.07 Å². The van der Waals surface area contributed by atoms with Crippen molar-refractivity contribution >= 4 is 16.9 Å². The minimum absolute atomic E-state index is 0.162. The fraction of sp³-hybridized carbons (Fsp3) is 0.417. The van der Waals surface area contributed by atoms with Crippen LogP contribution in [0.2, 0.25) is 0 Å². The maximum absolute atomic E-state index is 13.3. The predicted molar refractivity (Wildman–Crippen MR) is 67.2 cm³/mol. The zero-order valence-electron chi connectivity index (χ0n) is 9.24. The second kappa shape index (κ2) is 5.34. The van der Waals surface area contributed by atoms with Gasteiger partial charge in [0.2, 0.25) is 0 Å². The zero-order valence-corrected chi connectivity index (χ0v) is 10.1. The average molecular weight is 238 g/mol. The third-order valence-corrected chi connectivity index (χ3v) is 3.72. The maximum atomic E-state index is 13.3. The van der Waals surface area contributed by atoms with E-state index in [-0.39, 0.29) is 5.82 Å². The first-order valence-electron chi connectivity index (χ1n) is 5.40. The van der Waals surface area contributed by atoms with E-state index in [0.717, 1.165) is 17.5 Å². The van der Waals surface area contributed by atoms with Gasteiger partial charge in [-0.15, -0.1) is 0 Å². The van der Waals surface area contributed by atoms with Crippen molar-refractivity contribution in [3.63, 3.8) is 0 Å². The largest absolute Gasteiger partial charge is 0.361 e. The summed E-state index contributed by atoms with van der Waals surface area (Å²) in [6.07, 6.45) is 0. The molecule has 2 nitrogen and oxygen atoms in total. The van der Waals surface area contributed by atoms with Gasteiger partial charge in [0, 0.05) is 24.4 Å². The monoisotopic (exact) mass is 238 g/mol. The van der Waals surface area contributed by atoms with Crippen LogP contribution < -0.4 is 5.32 Å². The Kier molecular flexibility index (Phi) is 3.83. The van der Waals surface area contributed by atoms with Crippen LogP contribution >= 0.6 is 11.8 Å². The molecule has 1 unspecified atom stereocenters. The molecule has 4 heteroatoms. The first kappa shape index (κ1) is 11.5. The molecule has 0 amide bonds. The van der Waals surface area contributed by atoms with Crippen LogP contribution in [0.15, 0.2) is 29.3 Å². The molecule has 86 valence electrons. The Morgan fingerprint density at radius 1 is 1.50 bits per heavy atom. The van der Waals surface area contributed by atoms with E-state index in [2.05, 4.69) is 17.2 Å². The normalized spacial score (nSPS) is 20.4. The van der Waals surface area contributed by atoms with Gasteiger partial charge >= 0.3 is 0 Å². The van der Waals surface area contributed by atoms with Crippen LogP contribution in [0.5, 0.6) is 0 Å². The van der Waals surface area contributed by atoms with Crippen molar-refractivity contribution in [3.8, 4) is 0 Å². The first-order chi connectivity index (χ1) is 7.75. The number of amidine groups is 1. The Morgan fingerprint density at radius 2 is 2.31 bits per heavy atom. The Hall–Kier alpha value is -1.03. The highest BCUT2D eigenvalue weighted by Crippen LogP contribution is 2.16. The van der Waals surface area contributed by atoms with Gasteiger partial charge in [-0.05, 0) is 12.0 Å². The van der Waals surface area contributed by atoms with Crippen LogP contribution in [0, 0.1) is 11.7 Å². The zero-order chi connectivity index (χ0) is 11.4. The molecule has 0 aromatic heterocycles. The number of aliphatic imine (C=N–C) groups is 1. The van der Waals surface area contributed by atoms with Crippen molar-refractivity contribution < 1.29 is 4.39 Å². The molecule has 1 aromatic rings. The molecule has 0 saturated heterocycles. The van der Waals surface area contributed by atoms with Gasteiger partial charge in [-0.1, -0.05) is 36.9 Å². The Morgan fingerprint density at radius 3 is 3.00 bits per heavy atom. The van der Waals surface area contributed by atoms with Crippen LogP contribution in [0.1, 0.15) is 12.5 Å². The molecule has 0 saturated carbocycles. The Balaban J connectivity index is 1.91. The molecule has 0 bridgehead atoms. The van der Waals surface area contributed by atoms with Crippen LogP contribution in [0.25, 0.3) is 0 Å². The summed E-state index contributed by atoms with van der Waals surface area (Å²) in [7, 11) is 0. The van der Waals surface area contributed by atoms with Gasteiger partial charge in [-0.25, -0.2) is 4.39 Å². The van der Waals surface area contributed by atoms with E-state index in [4.69, 9.17) is 0 Å². The molecule has 1 aliphatic heterocycles. The molecule has 0 spiro atoms. The van der Waals surface area contributed by atoms with Crippen LogP contribution in [-0.2, 0) is 6.54 Å². The molecular weight excluding hydrogens is 223 g/mol. The maximum Gasteiger partial charge on any atom is 0.156 e. The minimum atomic E-state index is -0.162. The molecule has 0 fully saturated rings. The smallest absolute Gasteiger partial charge is 0.156 e. The molecule has 1 atom stereocenters. The lowest BCUT2D eigenvalue weighted by Gasteiger charge is -2.17. The molecule has 1 heterocycles. The molecule has 16 heavy (non-hydrogen) atoms. The van der Waals surface area contributed by atoms with Gasteiger partial charge in [0.1, 0.15) is 5.82 Å². The topological polar surface area (TPSA) is 24.4 Å². The second-order valence-corrected chi connectivity index (χ2v) is 5.02. The second-order valence-electron chi connectivity index (χ2n) is 4.01. The van der Waals surface area contributed by atoms with E-state index < -0.39 is 0 Å². The van der Waals surface area contributed by atoms with Crippen molar-refractivity contribution in [2.75, 3.05) is 12.3 Å². The van der Waals surface area contributed by atoms with Crippen LogP contribution in [-0.4, -0.2) is 17.5 Å². The third-order valence-electron chi connectivity index (χ3n) is 2.44. The van der Waals surface area contributed by atoms with Gasteiger partial charge in [-0.2, -0.15) is 0 Å². The van der Waals surface area contributed by atoms with Gasteiger partial charge in [0.25, 0.3) is 0 Å². The van der Waals surface area contributed by atoms with Crippen molar-refractivity contribution in [3.05, 3.63) is 35.6 Å². The summed E-state index contributed by atoms with van der Waals surface area (Å²) in [6, 6.07) is 6.82. The van der Waals surface area contributed by atoms with Crippen LogP contribution in [0.4, 0.5) is 4.39 Å². The average Bonchev–Trinajstić information content (AvgIpc) is 2.30. The summed E-state index contributed by atoms with van der Waals surface area (Å²) < 4.78 is 13.3. The van der Waals surface area contributed by atoms with Crippen molar-refractivity contribution in [2.45, 2.75) is 13.5 Å².